The molecule has 0 atom stereocenters. The Morgan fingerprint density at radius 2 is 1.91 bits per heavy atom. The Balaban J connectivity index is 1.55. The molecule has 1 aliphatic rings. The predicted molar refractivity (Wildman–Crippen MR) is 128 cm³/mol. The number of carbonyl (C=O) groups is 3. The minimum atomic E-state index is -0.591. The third-order valence-electron chi connectivity index (χ3n) is 4.57. The molecule has 0 spiro atoms. The van der Waals surface area contributed by atoms with Crippen molar-refractivity contribution in [2.24, 2.45) is 4.99 Å². The van der Waals surface area contributed by atoms with Gasteiger partial charge < -0.3 is 19.5 Å². The van der Waals surface area contributed by atoms with Gasteiger partial charge >= 0.3 is 11.9 Å². The van der Waals surface area contributed by atoms with Gasteiger partial charge in [-0.25, -0.2) is 14.6 Å². The monoisotopic (exact) mass is 476 g/mol. The molecule has 8 nitrogen and oxygen atoms in total. The van der Waals surface area contributed by atoms with E-state index in [0.29, 0.717) is 34.0 Å². The van der Waals surface area contributed by atoms with Gasteiger partial charge in [0.25, 0.3) is 0 Å². The number of nitrogens with one attached hydrogen (secondary N) is 1. The molecule has 2 aromatic carbocycles. The molecular formula is C25H20N2O6S. The van der Waals surface area contributed by atoms with Crippen LogP contribution in [0.3, 0.4) is 0 Å². The zero-order valence-electron chi connectivity index (χ0n) is 18.4. The van der Waals surface area contributed by atoms with E-state index in [1.54, 1.807) is 66.1 Å². The molecule has 0 radical (unpaired) electrons. The molecule has 1 N–H and O–H groups in total. The summed E-state index contributed by atoms with van der Waals surface area (Å²) in [6.45, 7) is 3.60. The average molecular weight is 477 g/mol. The maximum atomic E-state index is 12.4. The summed E-state index contributed by atoms with van der Waals surface area (Å²) >= 11 is 1.29. The Morgan fingerprint density at radius 1 is 1.12 bits per heavy atom. The van der Waals surface area contributed by atoms with Crippen LogP contribution in [0.25, 0.3) is 6.08 Å². The lowest BCUT2D eigenvalue weighted by atomic mass is 10.1. The Morgan fingerprint density at radius 3 is 2.59 bits per heavy atom. The highest BCUT2D eigenvalue weighted by Crippen LogP contribution is 2.31. The third-order valence-corrected chi connectivity index (χ3v) is 5.42. The van der Waals surface area contributed by atoms with Gasteiger partial charge in [-0.05, 0) is 66.4 Å². The Kier molecular flexibility index (Phi) is 6.84. The summed E-state index contributed by atoms with van der Waals surface area (Å²) in [5, 5.41) is 4.47. The standard InChI is InChI=1S/C25H20N2O6S/c1-3-31-21-14-16(6-11-20(21)32-25(30)22-5-4-12-34-22)13-19-24(29)33-23(27-19)17-7-9-18(10-8-17)26-15(2)28/h4-14H,3H2,1-2H3,(H,26,28)/b19-13+. The van der Waals surface area contributed by atoms with E-state index in [1.807, 2.05) is 6.92 Å². The van der Waals surface area contributed by atoms with Crippen molar-refractivity contribution in [2.45, 2.75) is 13.8 Å². The topological polar surface area (TPSA) is 103 Å². The molecule has 0 saturated carbocycles. The van der Waals surface area contributed by atoms with Crippen LogP contribution in [0.5, 0.6) is 11.5 Å². The SMILES string of the molecule is CCOc1cc(/C=C2/N=C(c3ccc(NC(C)=O)cc3)OC2=O)ccc1OC(=O)c1cccs1. The molecule has 1 amide bonds. The molecule has 0 fully saturated rings. The summed E-state index contributed by atoms with van der Waals surface area (Å²) in [7, 11) is 0. The van der Waals surface area contributed by atoms with E-state index in [2.05, 4.69) is 10.3 Å². The highest BCUT2D eigenvalue weighted by atomic mass is 32.1. The van der Waals surface area contributed by atoms with E-state index in [9.17, 15) is 14.4 Å². The van der Waals surface area contributed by atoms with Crippen LogP contribution in [-0.2, 0) is 14.3 Å². The first kappa shape index (κ1) is 22.9. The quantitative estimate of drug-likeness (QED) is 0.302. The first-order chi connectivity index (χ1) is 16.4. The molecule has 4 rings (SSSR count). The van der Waals surface area contributed by atoms with E-state index >= 15 is 0 Å². The Labute approximate surface area is 199 Å². The Bertz CT molecular complexity index is 1290. The number of nitrogens with zero attached hydrogens (tertiary/aromatic N) is 1. The fourth-order valence-corrected chi connectivity index (χ4v) is 3.70. The lowest BCUT2D eigenvalue weighted by Gasteiger charge is -2.11. The molecule has 34 heavy (non-hydrogen) atoms. The van der Waals surface area contributed by atoms with E-state index in [-0.39, 0.29) is 23.3 Å². The highest BCUT2D eigenvalue weighted by Gasteiger charge is 2.24. The fraction of sp³-hybridized carbons (Fsp3) is 0.120. The van der Waals surface area contributed by atoms with Crippen LogP contribution in [-0.4, -0.2) is 30.4 Å². The molecule has 0 bridgehead atoms. The van der Waals surface area contributed by atoms with Crippen LogP contribution in [0.15, 0.2) is 70.7 Å². The van der Waals surface area contributed by atoms with Crippen LogP contribution in [0, 0.1) is 0 Å². The second-order valence-corrected chi connectivity index (χ2v) is 8.05. The van der Waals surface area contributed by atoms with Crippen molar-refractivity contribution in [2.75, 3.05) is 11.9 Å². The van der Waals surface area contributed by atoms with E-state index < -0.39 is 11.9 Å². The second kappa shape index (κ2) is 10.1. The van der Waals surface area contributed by atoms with Crippen molar-refractivity contribution in [3.8, 4) is 11.5 Å². The van der Waals surface area contributed by atoms with Crippen LogP contribution in [0.4, 0.5) is 5.69 Å². The van der Waals surface area contributed by atoms with Crippen LogP contribution in [0.2, 0.25) is 0 Å². The van der Waals surface area contributed by atoms with Gasteiger partial charge in [0, 0.05) is 18.2 Å². The minimum Gasteiger partial charge on any atom is -0.490 e. The van der Waals surface area contributed by atoms with Gasteiger partial charge in [-0.2, -0.15) is 0 Å². The van der Waals surface area contributed by atoms with Crippen molar-refractivity contribution in [3.05, 3.63) is 81.7 Å². The van der Waals surface area contributed by atoms with Crippen molar-refractivity contribution in [1.29, 1.82) is 0 Å². The maximum absolute atomic E-state index is 12.4. The lowest BCUT2D eigenvalue weighted by Crippen LogP contribution is -2.08. The first-order valence-corrected chi connectivity index (χ1v) is 11.2. The van der Waals surface area contributed by atoms with Gasteiger partial charge in [0.05, 0.1) is 6.61 Å². The van der Waals surface area contributed by atoms with Crippen molar-refractivity contribution in [3.63, 3.8) is 0 Å². The highest BCUT2D eigenvalue weighted by molar-refractivity contribution is 7.12. The van der Waals surface area contributed by atoms with E-state index in [4.69, 9.17) is 14.2 Å². The average Bonchev–Trinajstić information content (AvgIpc) is 3.46. The van der Waals surface area contributed by atoms with Crippen LogP contribution < -0.4 is 14.8 Å². The predicted octanol–water partition coefficient (Wildman–Crippen LogP) is 4.67. The molecule has 9 heteroatoms. The number of hydrogen-bond acceptors (Lipinski definition) is 8. The molecule has 1 aromatic heterocycles. The molecular weight excluding hydrogens is 456 g/mol. The number of carbonyl (C=O) groups excluding carboxylic acids is 3. The smallest absolute Gasteiger partial charge is 0.363 e. The molecule has 3 aromatic rings. The number of benzene rings is 2. The molecule has 172 valence electrons. The number of aliphatic imine (C=N–C) groups is 1. The number of cyclic esters (lactones) is 1. The van der Waals surface area contributed by atoms with Crippen molar-refractivity contribution < 1.29 is 28.6 Å². The summed E-state index contributed by atoms with van der Waals surface area (Å²) in [5.41, 5.74) is 1.96. The van der Waals surface area contributed by atoms with Crippen LogP contribution in [0.1, 0.15) is 34.6 Å². The van der Waals surface area contributed by atoms with Gasteiger partial charge in [0.2, 0.25) is 11.8 Å². The second-order valence-electron chi connectivity index (χ2n) is 7.10. The number of rotatable bonds is 7. The minimum absolute atomic E-state index is 0.117. The Hall–Kier alpha value is -4.24. The number of anilines is 1. The zero-order chi connectivity index (χ0) is 24.1. The molecule has 0 unspecified atom stereocenters. The summed E-state index contributed by atoms with van der Waals surface area (Å²) < 4.78 is 16.4. The van der Waals surface area contributed by atoms with Gasteiger partial charge in [-0.3, -0.25) is 4.79 Å². The van der Waals surface area contributed by atoms with Crippen LogP contribution >= 0.6 is 11.3 Å². The number of thiophene rings is 1. The zero-order valence-corrected chi connectivity index (χ0v) is 19.2. The molecule has 2 heterocycles. The molecule has 0 aliphatic carbocycles. The molecule has 1 aliphatic heterocycles. The van der Waals surface area contributed by atoms with E-state index in [1.165, 1.54) is 18.3 Å². The number of ether oxygens (including phenoxy) is 3. The van der Waals surface area contributed by atoms with Gasteiger partial charge in [-0.1, -0.05) is 12.1 Å². The summed E-state index contributed by atoms with van der Waals surface area (Å²) in [6, 6.07) is 15.2. The third kappa shape index (κ3) is 5.38. The maximum Gasteiger partial charge on any atom is 0.363 e. The van der Waals surface area contributed by atoms with Crippen molar-refractivity contribution in [1.82, 2.24) is 0 Å². The summed E-state index contributed by atoms with van der Waals surface area (Å²) in [6.07, 6.45) is 1.56. The fourth-order valence-electron chi connectivity index (χ4n) is 3.10. The molecule has 0 saturated heterocycles. The van der Waals surface area contributed by atoms with Crippen molar-refractivity contribution >= 4 is 46.8 Å². The summed E-state index contributed by atoms with van der Waals surface area (Å²) in [5.74, 6) is -0.434. The number of esters is 2. The normalized spacial score (nSPS) is 13.9. The van der Waals surface area contributed by atoms with Gasteiger partial charge in [-0.15, -0.1) is 11.3 Å². The van der Waals surface area contributed by atoms with Gasteiger partial charge in [0.15, 0.2) is 17.2 Å². The summed E-state index contributed by atoms with van der Waals surface area (Å²) in [4.78, 5) is 40.6. The first-order valence-electron chi connectivity index (χ1n) is 10.4. The van der Waals surface area contributed by atoms with Gasteiger partial charge in [0.1, 0.15) is 4.88 Å². The van der Waals surface area contributed by atoms with E-state index in [0.717, 1.165) is 0 Å². The number of amides is 1. The lowest BCUT2D eigenvalue weighted by molar-refractivity contribution is -0.129. The number of hydrogen-bond donors (Lipinski definition) is 1. The largest absolute Gasteiger partial charge is 0.490 e.